The number of carbonyl (C=O) groups is 1. The first kappa shape index (κ1) is 17.7. The average molecular weight is 383 g/mol. The van der Waals surface area contributed by atoms with E-state index in [1.807, 2.05) is 36.9 Å². The van der Waals surface area contributed by atoms with E-state index < -0.39 is 0 Å². The Morgan fingerprint density at radius 2 is 2.11 bits per heavy atom. The van der Waals surface area contributed by atoms with Gasteiger partial charge in [0.25, 0.3) is 5.56 Å². The number of nitrogens with one attached hydrogen (secondary N) is 1. The van der Waals surface area contributed by atoms with Crippen LogP contribution in [0.15, 0.2) is 29.1 Å². The van der Waals surface area contributed by atoms with Crippen LogP contribution in [0.2, 0.25) is 0 Å². The molecule has 2 aromatic heterocycles. The van der Waals surface area contributed by atoms with Gasteiger partial charge in [0.1, 0.15) is 6.04 Å². The van der Waals surface area contributed by atoms with E-state index in [0.29, 0.717) is 15.8 Å². The molecule has 0 radical (unpaired) electrons. The van der Waals surface area contributed by atoms with Crippen LogP contribution in [0.25, 0.3) is 4.96 Å². The number of nitrogens with zero attached hydrogens (tertiary/aromatic N) is 4. The van der Waals surface area contributed by atoms with Crippen molar-refractivity contribution in [2.75, 3.05) is 16.8 Å². The number of carbonyl (C=O) groups excluding carboxylic acids is 1. The van der Waals surface area contributed by atoms with Gasteiger partial charge in [-0.3, -0.25) is 9.59 Å². The fraction of sp³-hybridized carbons (Fsp3) is 0.368. The van der Waals surface area contributed by atoms with Crippen molar-refractivity contribution in [2.45, 2.75) is 39.7 Å². The largest absolute Gasteiger partial charge is 0.335 e. The van der Waals surface area contributed by atoms with Gasteiger partial charge in [0.2, 0.25) is 16.0 Å². The molecular weight excluding hydrogens is 362 g/mol. The molecule has 1 saturated heterocycles. The lowest BCUT2D eigenvalue weighted by molar-refractivity contribution is -0.117. The molecule has 7 nitrogen and oxygen atoms in total. The summed E-state index contributed by atoms with van der Waals surface area (Å²) in [4.78, 5) is 32.0. The second-order valence-corrected chi connectivity index (χ2v) is 7.84. The van der Waals surface area contributed by atoms with E-state index >= 15 is 0 Å². The first-order valence-electron chi connectivity index (χ1n) is 8.95. The van der Waals surface area contributed by atoms with Crippen molar-refractivity contribution < 1.29 is 4.79 Å². The molecule has 1 N–H and O–H groups in total. The highest BCUT2D eigenvalue weighted by atomic mass is 32.1. The number of hydrogen-bond acceptors (Lipinski definition) is 6. The molecule has 3 aromatic rings. The maximum atomic E-state index is 12.9. The molecule has 1 aliphatic rings. The van der Waals surface area contributed by atoms with E-state index in [0.717, 1.165) is 36.2 Å². The van der Waals surface area contributed by atoms with Crippen molar-refractivity contribution in [1.82, 2.24) is 14.6 Å². The molecule has 1 amide bonds. The zero-order valence-electron chi connectivity index (χ0n) is 15.5. The van der Waals surface area contributed by atoms with Crippen LogP contribution in [0.5, 0.6) is 0 Å². The summed E-state index contributed by atoms with van der Waals surface area (Å²) in [6, 6.07) is 7.05. The third-order valence-corrected chi connectivity index (χ3v) is 5.97. The standard InChI is InChI=1S/C19H21N5O2S/c1-11-6-4-7-14(13(11)3)21-17(26)15-8-5-9-23(15)19-22-24-16(25)10-12(2)20-18(24)27-19/h4,6-7,10,15H,5,8-9H2,1-3H3,(H,21,26). The minimum absolute atomic E-state index is 0.0445. The Hall–Kier alpha value is -2.74. The maximum Gasteiger partial charge on any atom is 0.275 e. The molecule has 1 aliphatic heterocycles. The van der Waals surface area contributed by atoms with Gasteiger partial charge in [-0.15, -0.1) is 5.10 Å². The Morgan fingerprint density at radius 1 is 1.30 bits per heavy atom. The Balaban J connectivity index is 1.62. The summed E-state index contributed by atoms with van der Waals surface area (Å²) in [6.07, 6.45) is 1.66. The molecule has 8 heteroatoms. The fourth-order valence-corrected chi connectivity index (χ4v) is 4.43. The molecule has 0 bridgehead atoms. The zero-order chi connectivity index (χ0) is 19.1. The van der Waals surface area contributed by atoms with E-state index in [9.17, 15) is 9.59 Å². The highest BCUT2D eigenvalue weighted by molar-refractivity contribution is 7.20. The van der Waals surface area contributed by atoms with E-state index in [2.05, 4.69) is 15.4 Å². The Labute approximate surface area is 160 Å². The van der Waals surface area contributed by atoms with Gasteiger partial charge < -0.3 is 10.2 Å². The molecule has 27 heavy (non-hydrogen) atoms. The SMILES string of the molecule is Cc1cc(=O)n2nc(N3CCCC3C(=O)Nc3cccc(C)c3C)sc2n1. The van der Waals surface area contributed by atoms with Crippen molar-refractivity contribution >= 4 is 33.0 Å². The van der Waals surface area contributed by atoms with Crippen LogP contribution in [-0.2, 0) is 4.79 Å². The van der Waals surface area contributed by atoms with Gasteiger partial charge in [0, 0.05) is 24.0 Å². The van der Waals surface area contributed by atoms with Crippen LogP contribution >= 0.6 is 11.3 Å². The van der Waals surface area contributed by atoms with Gasteiger partial charge >= 0.3 is 0 Å². The summed E-state index contributed by atoms with van der Waals surface area (Å²) in [5.74, 6) is -0.0445. The molecule has 1 unspecified atom stereocenters. The average Bonchev–Trinajstić information content (AvgIpc) is 3.25. The molecule has 3 heterocycles. The zero-order valence-corrected chi connectivity index (χ0v) is 16.3. The molecule has 0 aliphatic carbocycles. The molecular formula is C19H21N5O2S. The summed E-state index contributed by atoms with van der Waals surface area (Å²) < 4.78 is 1.31. The maximum absolute atomic E-state index is 12.9. The van der Waals surface area contributed by atoms with Crippen molar-refractivity contribution in [3.05, 3.63) is 51.4 Å². The fourth-order valence-electron chi connectivity index (χ4n) is 3.40. The van der Waals surface area contributed by atoms with E-state index in [1.165, 1.54) is 21.9 Å². The van der Waals surface area contributed by atoms with Gasteiger partial charge in [0.15, 0.2) is 0 Å². The lowest BCUT2D eigenvalue weighted by Crippen LogP contribution is -2.40. The molecule has 1 fully saturated rings. The van der Waals surface area contributed by atoms with Crippen molar-refractivity contribution in [3.63, 3.8) is 0 Å². The van der Waals surface area contributed by atoms with Crippen LogP contribution in [0.1, 0.15) is 29.7 Å². The smallest absolute Gasteiger partial charge is 0.275 e. The van der Waals surface area contributed by atoms with Crippen LogP contribution in [0.4, 0.5) is 10.8 Å². The van der Waals surface area contributed by atoms with Gasteiger partial charge in [-0.1, -0.05) is 23.5 Å². The Morgan fingerprint density at radius 3 is 2.93 bits per heavy atom. The Kier molecular flexibility index (Phi) is 4.43. The number of fused-ring (bicyclic) bond motifs is 1. The highest BCUT2D eigenvalue weighted by Gasteiger charge is 2.33. The molecule has 1 atom stereocenters. The minimum atomic E-state index is -0.303. The number of anilines is 2. The van der Waals surface area contributed by atoms with Crippen LogP contribution in [-0.4, -0.2) is 33.1 Å². The van der Waals surface area contributed by atoms with Gasteiger partial charge in [-0.05, 0) is 50.8 Å². The predicted molar refractivity (Wildman–Crippen MR) is 107 cm³/mol. The molecule has 4 rings (SSSR count). The number of aryl methyl sites for hydroxylation is 2. The van der Waals surface area contributed by atoms with Crippen LogP contribution in [0.3, 0.4) is 0 Å². The number of aromatic nitrogens is 3. The third-order valence-electron chi connectivity index (χ3n) is 5.03. The van der Waals surface area contributed by atoms with Gasteiger partial charge in [0.05, 0.1) is 0 Å². The van der Waals surface area contributed by atoms with E-state index in [4.69, 9.17) is 0 Å². The number of rotatable bonds is 3. The van der Waals surface area contributed by atoms with Crippen LogP contribution < -0.4 is 15.8 Å². The van der Waals surface area contributed by atoms with Crippen molar-refractivity contribution in [3.8, 4) is 0 Å². The molecule has 0 saturated carbocycles. The summed E-state index contributed by atoms with van der Waals surface area (Å²) in [6.45, 7) is 6.56. The highest BCUT2D eigenvalue weighted by Crippen LogP contribution is 2.30. The Bertz CT molecular complexity index is 1090. The van der Waals surface area contributed by atoms with Gasteiger partial charge in [-0.25, -0.2) is 4.98 Å². The normalized spacial score (nSPS) is 16.9. The number of benzene rings is 1. The lowest BCUT2D eigenvalue weighted by Gasteiger charge is -2.23. The lowest BCUT2D eigenvalue weighted by atomic mass is 10.1. The second kappa shape index (κ2) is 6.77. The van der Waals surface area contributed by atoms with Crippen molar-refractivity contribution in [2.24, 2.45) is 0 Å². The number of amides is 1. The molecule has 0 spiro atoms. The minimum Gasteiger partial charge on any atom is -0.335 e. The van der Waals surface area contributed by atoms with Gasteiger partial charge in [-0.2, -0.15) is 4.52 Å². The molecule has 1 aromatic carbocycles. The van der Waals surface area contributed by atoms with Crippen LogP contribution in [0, 0.1) is 20.8 Å². The monoisotopic (exact) mass is 383 g/mol. The van der Waals surface area contributed by atoms with Crippen molar-refractivity contribution in [1.29, 1.82) is 0 Å². The summed E-state index contributed by atoms with van der Waals surface area (Å²) in [7, 11) is 0. The topological polar surface area (TPSA) is 79.6 Å². The summed E-state index contributed by atoms with van der Waals surface area (Å²) in [5, 5.41) is 8.13. The first-order chi connectivity index (χ1) is 12.9. The number of hydrogen-bond donors (Lipinski definition) is 1. The molecule has 140 valence electrons. The first-order valence-corrected chi connectivity index (χ1v) is 9.77. The third kappa shape index (κ3) is 3.21. The second-order valence-electron chi connectivity index (χ2n) is 6.90. The predicted octanol–water partition coefficient (Wildman–Crippen LogP) is 2.68. The summed E-state index contributed by atoms with van der Waals surface area (Å²) in [5.41, 5.74) is 3.52. The van der Waals surface area contributed by atoms with E-state index in [-0.39, 0.29) is 17.5 Å². The summed E-state index contributed by atoms with van der Waals surface area (Å²) >= 11 is 1.34. The van der Waals surface area contributed by atoms with E-state index in [1.54, 1.807) is 6.92 Å². The quantitative estimate of drug-likeness (QED) is 0.752.